The second-order valence-electron chi connectivity index (χ2n) is 8.58. The number of esters is 2. The average molecular weight is 441 g/mol. The van der Waals surface area contributed by atoms with Crippen LogP contribution in [0, 0.1) is 0 Å². The number of unbranched alkanes of at least 4 members (excludes halogenated alkanes) is 10. The number of hydrogen-bond donors (Lipinski definition) is 0. The van der Waals surface area contributed by atoms with Gasteiger partial charge in [0.15, 0.2) is 0 Å². The Kier molecular flexibility index (Phi) is 12.5. The molecule has 4 nitrogen and oxygen atoms in total. The number of carbonyl (C=O) groups is 2. The van der Waals surface area contributed by atoms with Gasteiger partial charge in [-0.15, -0.1) is 0 Å². The van der Waals surface area contributed by atoms with E-state index in [0.717, 1.165) is 36.5 Å². The van der Waals surface area contributed by atoms with Gasteiger partial charge in [0, 0.05) is 0 Å². The Morgan fingerprint density at radius 3 is 1.34 bits per heavy atom. The molecule has 176 valence electrons. The minimum Gasteiger partial charge on any atom is -0.462 e. The molecule has 0 atom stereocenters. The third-order valence-corrected chi connectivity index (χ3v) is 5.77. The van der Waals surface area contributed by atoms with E-state index < -0.39 is 0 Å². The lowest BCUT2D eigenvalue weighted by Gasteiger charge is -2.08. The summed E-state index contributed by atoms with van der Waals surface area (Å²) in [5.41, 5.74) is 1.09. The number of carbonyl (C=O) groups excluding carboxylic acids is 2. The minimum absolute atomic E-state index is 0.289. The van der Waals surface area contributed by atoms with E-state index >= 15 is 0 Å². The fourth-order valence-corrected chi connectivity index (χ4v) is 3.76. The third kappa shape index (κ3) is 9.42. The van der Waals surface area contributed by atoms with Gasteiger partial charge in [-0.1, -0.05) is 90.2 Å². The average Bonchev–Trinajstić information content (AvgIpc) is 2.82. The van der Waals surface area contributed by atoms with Crippen molar-refractivity contribution in [3.05, 3.63) is 47.5 Å². The van der Waals surface area contributed by atoms with Crippen LogP contribution < -0.4 is 0 Å². The molecule has 2 aromatic carbocycles. The van der Waals surface area contributed by atoms with Crippen LogP contribution in [0.4, 0.5) is 0 Å². The van der Waals surface area contributed by atoms with Crippen LogP contribution in [0.15, 0.2) is 36.4 Å². The van der Waals surface area contributed by atoms with Gasteiger partial charge in [0.1, 0.15) is 0 Å². The van der Waals surface area contributed by atoms with Crippen molar-refractivity contribution >= 4 is 22.7 Å². The molecule has 0 aliphatic heterocycles. The van der Waals surface area contributed by atoms with Crippen molar-refractivity contribution in [2.45, 2.75) is 90.9 Å². The van der Waals surface area contributed by atoms with E-state index in [-0.39, 0.29) is 11.9 Å². The van der Waals surface area contributed by atoms with E-state index in [9.17, 15) is 9.59 Å². The fraction of sp³-hybridized carbons (Fsp3) is 0.571. The van der Waals surface area contributed by atoms with Crippen LogP contribution in [-0.2, 0) is 9.47 Å². The molecule has 0 heterocycles. The summed E-state index contributed by atoms with van der Waals surface area (Å²) in [6.45, 7) is 5.34. The molecule has 0 aromatic heterocycles. The fourth-order valence-electron chi connectivity index (χ4n) is 3.76. The Labute approximate surface area is 193 Å². The van der Waals surface area contributed by atoms with Crippen molar-refractivity contribution in [1.82, 2.24) is 0 Å². The molecule has 0 spiro atoms. The summed E-state index contributed by atoms with van der Waals surface area (Å²) in [5, 5.41) is 1.82. The first kappa shape index (κ1) is 25.9. The summed E-state index contributed by atoms with van der Waals surface area (Å²) >= 11 is 0. The Morgan fingerprint density at radius 1 is 0.562 bits per heavy atom. The minimum atomic E-state index is -0.289. The van der Waals surface area contributed by atoms with E-state index in [1.54, 1.807) is 12.1 Å². The summed E-state index contributed by atoms with van der Waals surface area (Å²) in [6, 6.07) is 10.9. The van der Waals surface area contributed by atoms with Crippen LogP contribution in [0.3, 0.4) is 0 Å². The normalized spacial score (nSPS) is 10.9. The number of hydrogen-bond acceptors (Lipinski definition) is 4. The predicted molar refractivity (Wildman–Crippen MR) is 131 cm³/mol. The molecule has 2 rings (SSSR count). The number of benzene rings is 2. The maximum absolute atomic E-state index is 12.3. The zero-order valence-electron chi connectivity index (χ0n) is 20.0. The van der Waals surface area contributed by atoms with Crippen molar-refractivity contribution in [3.8, 4) is 0 Å². The smallest absolute Gasteiger partial charge is 0.338 e. The molecular formula is C28H40O4. The van der Waals surface area contributed by atoms with E-state index in [1.807, 2.05) is 24.3 Å². The Balaban J connectivity index is 1.78. The molecule has 0 aliphatic carbocycles. The highest BCUT2D eigenvalue weighted by molar-refractivity contribution is 5.99. The van der Waals surface area contributed by atoms with Gasteiger partial charge in [0.2, 0.25) is 0 Å². The summed E-state index contributed by atoms with van der Waals surface area (Å²) in [7, 11) is 0. The second-order valence-corrected chi connectivity index (χ2v) is 8.58. The molecular weight excluding hydrogens is 400 g/mol. The topological polar surface area (TPSA) is 52.6 Å². The molecule has 0 N–H and O–H groups in total. The van der Waals surface area contributed by atoms with Gasteiger partial charge >= 0.3 is 11.9 Å². The molecule has 0 bridgehead atoms. The maximum Gasteiger partial charge on any atom is 0.338 e. The standard InChI is InChI=1S/C28H40O4/c1-3-5-7-9-11-13-19-31-27(29)25-17-15-24-22-26(18-16-23(24)21-25)28(30)32-20-14-12-10-8-6-4-2/h15-18,21-22H,3-14,19-20H2,1-2H3. The van der Waals surface area contributed by atoms with Gasteiger partial charge in [0.05, 0.1) is 24.3 Å². The first-order valence-corrected chi connectivity index (χ1v) is 12.5. The van der Waals surface area contributed by atoms with Gasteiger partial charge in [-0.05, 0) is 47.9 Å². The van der Waals surface area contributed by atoms with Crippen LogP contribution in [0.25, 0.3) is 10.8 Å². The van der Waals surface area contributed by atoms with Crippen molar-refractivity contribution in [2.75, 3.05) is 13.2 Å². The van der Waals surface area contributed by atoms with Crippen molar-refractivity contribution in [1.29, 1.82) is 0 Å². The first-order valence-electron chi connectivity index (χ1n) is 12.5. The van der Waals surface area contributed by atoms with Gasteiger partial charge in [-0.25, -0.2) is 9.59 Å². The van der Waals surface area contributed by atoms with Crippen LogP contribution in [-0.4, -0.2) is 25.2 Å². The van der Waals surface area contributed by atoms with Crippen molar-refractivity contribution < 1.29 is 19.1 Å². The molecule has 0 saturated heterocycles. The molecule has 0 saturated carbocycles. The molecule has 0 radical (unpaired) electrons. The predicted octanol–water partition coefficient (Wildman–Crippen LogP) is 7.87. The Morgan fingerprint density at radius 2 is 0.938 bits per heavy atom. The highest BCUT2D eigenvalue weighted by Crippen LogP contribution is 2.20. The van der Waals surface area contributed by atoms with Gasteiger partial charge in [-0.3, -0.25) is 0 Å². The number of rotatable bonds is 16. The molecule has 0 amide bonds. The summed E-state index contributed by atoms with van der Waals surface area (Å²) in [5.74, 6) is -0.578. The monoisotopic (exact) mass is 440 g/mol. The molecule has 4 heteroatoms. The SMILES string of the molecule is CCCCCCCCOC(=O)c1ccc2cc(C(=O)OCCCCCCCC)ccc2c1. The summed E-state index contributed by atoms with van der Waals surface area (Å²) in [4.78, 5) is 24.7. The summed E-state index contributed by atoms with van der Waals surface area (Å²) in [6.07, 6.45) is 13.9. The Bertz CT molecular complexity index is 758. The molecule has 2 aromatic rings. The second kappa shape index (κ2) is 15.4. The van der Waals surface area contributed by atoms with E-state index in [2.05, 4.69) is 13.8 Å². The Hall–Kier alpha value is -2.36. The molecule has 0 fully saturated rings. The lowest BCUT2D eigenvalue weighted by Crippen LogP contribution is -2.07. The highest BCUT2D eigenvalue weighted by atomic mass is 16.5. The largest absolute Gasteiger partial charge is 0.462 e. The number of ether oxygens (including phenoxy) is 2. The quantitative estimate of drug-likeness (QED) is 0.197. The molecule has 32 heavy (non-hydrogen) atoms. The zero-order chi connectivity index (χ0) is 23.0. The van der Waals surface area contributed by atoms with E-state index in [0.29, 0.717) is 24.3 Å². The van der Waals surface area contributed by atoms with Crippen molar-refractivity contribution in [2.24, 2.45) is 0 Å². The highest BCUT2D eigenvalue weighted by Gasteiger charge is 2.11. The van der Waals surface area contributed by atoms with Crippen LogP contribution in [0.5, 0.6) is 0 Å². The number of fused-ring (bicyclic) bond motifs is 1. The van der Waals surface area contributed by atoms with E-state index in [4.69, 9.17) is 9.47 Å². The van der Waals surface area contributed by atoms with Gasteiger partial charge in [-0.2, -0.15) is 0 Å². The van der Waals surface area contributed by atoms with E-state index in [1.165, 1.54) is 51.4 Å². The lowest BCUT2D eigenvalue weighted by atomic mass is 10.0. The zero-order valence-corrected chi connectivity index (χ0v) is 20.0. The molecule has 0 aliphatic rings. The van der Waals surface area contributed by atoms with Crippen LogP contribution >= 0.6 is 0 Å². The maximum atomic E-state index is 12.3. The van der Waals surface area contributed by atoms with Gasteiger partial charge < -0.3 is 9.47 Å². The summed E-state index contributed by atoms with van der Waals surface area (Å²) < 4.78 is 10.8. The van der Waals surface area contributed by atoms with Crippen molar-refractivity contribution in [3.63, 3.8) is 0 Å². The molecule has 0 unspecified atom stereocenters. The van der Waals surface area contributed by atoms with Crippen LogP contribution in [0.2, 0.25) is 0 Å². The van der Waals surface area contributed by atoms with Crippen LogP contribution in [0.1, 0.15) is 112 Å². The third-order valence-electron chi connectivity index (χ3n) is 5.77. The lowest BCUT2D eigenvalue weighted by molar-refractivity contribution is 0.0488. The van der Waals surface area contributed by atoms with Gasteiger partial charge in [0.25, 0.3) is 0 Å². The first-order chi connectivity index (χ1) is 15.7.